The molecule has 0 bridgehead atoms. The third-order valence-electron chi connectivity index (χ3n) is 6.62. The van der Waals surface area contributed by atoms with Crippen molar-refractivity contribution in [2.45, 2.75) is 59.3 Å². The van der Waals surface area contributed by atoms with E-state index in [0.717, 1.165) is 40.7 Å². The maximum atomic E-state index is 9.95. The Labute approximate surface area is 191 Å². The molecule has 0 saturated heterocycles. The van der Waals surface area contributed by atoms with E-state index in [1.165, 1.54) is 22.3 Å². The highest BCUT2D eigenvalue weighted by Crippen LogP contribution is 2.35. The van der Waals surface area contributed by atoms with Gasteiger partial charge < -0.3 is 9.67 Å². The van der Waals surface area contributed by atoms with Gasteiger partial charge >= 0.3 is 0 Å². The van der Waals surface area contributed by atoms with Crippen LogP contribution in [-0.4, -0.2) is 21.3 Å². The predicted molar refractivity (Wildman–Crippen MR) is 135 cm³/mol. The molecule has 0 saturated carbocycles. The molecule has 3 heteroatoms. The summed E-state index contributed by atoms with van der Waals surface area (Å²) in [6, 6.07) is 17.6. The largest absolute Gasteiger partial charge is 0.396 e. The Hall–Kier alpha value is -2.91. The highest BCUT2D eigenvalue weighted by Gasteiger charge is 2.18. The zero-order valence-electron chi connectivity index (χ0n) is 19.9. The Morgan fingerprint density at radius 2 is 1.59 bits per heavy atom. The molecule has 2 aromatic heterocycles. The number of pyridine rings is 1. The lowest BCUT2D eigenvalue weighted by Crippen LogP contribution is -1.99. The fourth-order valence-electron chi connectivity index (χ4n) is 4.58. The summed E-state index contributed by atoms with van der Waals surface area (Å²) < 4.78 is 2.21. The molecule has 0 aliphatic heterocycles. The summed E-state index contributed by atoms with van der Waals surface area (Å²) in [5.74, 6) is 0.557. The summed E-state index contributed by atoms with van der Waals surface area (Å²) in [7, 11) is 0. The third-order valence-corrected chi connectivity index (χ3v) is 6.62. The van der Waals surface area contributed by atoms with Crippen molar-refractivity contribution in [2.24, 2.45) is 0 Å². The molecule has 1 atom stereocenters. The van der Waals surface area contributed by atoms with Crippen LogP contribution in [0, 0.1) is 0 Å². The van der Waals surface area contributed by atoms with Gasteiger partial charge in [0.15, 0.2) is 0 Å². The van der Waals surface area contributed by atoms with Crippen LogP contribution in [0.15, 0.2) is 60.9 Å². The van der Waals surface area contributed by atoms with Crippen molar-refractivity contribution in [1.82, 2.24) is 9.55 Å². The highest BCUT2D eigenvalue weighted by molar-refractivity contribution is 5.89. The smallest absolute Gasteiger partial charge is 0.0716 e. The number of benzene rings is 2. The molecule has 0 radical (unpaired) electrons. The van der Waals surface area contributed by atoms with Crippen LogP contribution >= 0.6 is 0 Å². The van der Waals surface area contributed by atoms with Gasteiger partial charge in [0.05, 0.1) is 17.4 Å². The lowest BCUT2D eigenvalue weighted by atomic mass is 9.93. The molecule has 4 aromatic rings. The van der Waals surface area contributed by atoms with Crippen LogP contribution in [0.3, 0.4) is 0 Å². The number of aliphatic hydroxyl groups is 1. The summed E-state index contributed by atoms with van der Waals surface area (Å²) in [6.07, 6.45) is 6.13. The Balaban J connectivity index is 1.92. The van der Waals surface area contributed by atoms with E-state index in [-0.39, 0.29) is 12.5 Å². The molecule has 3 nitrogen and oxygen atoms in total. The van der Waals surface area contributed by atoms with E-state index in [0.29, 0.717) is 5.92 Å². The predicted octanol–water partition coefficient (Wildman–Crippen LogP) is 7.04. The Bertz CT molecular complexity index is 1200. The summed E-state index contributed by atoms with van der Waals surface area (Å²) in [4.78, 5) is 4.94. The number of aromatic nitrogens is 2. The molecule has 0 aliphatic rings. The molecule has 0 spiro atoms. The SMILES string of the molecule is CCc1cccc(CC)c1-c1cc2c(C(C)CO)cn(-c3ccc(C(C)C)cc3)c2cn1. The number of hydrogen-bond acceptors (Lipinski definition) is 2. The molecule has 2 aromatic carbocycles. The number of rotatable bonds is 7. The van der Waals surface area contributed by atoms with Gasteiger partial charge in [0.2, 0.25) is 0 Å². The molecule has 32 heavy (non-hydrogen) atoms. The minimum atomic E-state index is 0.0519. The normalized spacial score (nSPS) is 12.6. The number of hydrogen-bond donors (Lipinski definition) is 1. The summed E-state index contributed by atoms with van der Waals surface area (Å²) >= 11 is 0. The summed E-state index contributed by atoms with van der Waals surface area (Å²) in [5, 5.41) is 11.1. The first-order chi connectivity index (χ1) is 15.5. The Morgan fingerprint density at radius 3 is 2.16 bits per heavy atom. The molecule has 0 amide bonds. The quantitative estimate of drug-likeness (QED) is 0.344. The Kier molecular flexibility index (Phi) is 6.48. The molecular formula is C29H34N2O. The average molecular weight is 427 g/mol. The van der Waals surface area contributed by atoms with E-state index >= 15 is 0 Å². The van der Waals surface area contributed by atoms with Crippen LogP contribution in [0.25, 0.3) is 27.8 Å². The van der Waals surface area contributed by atoms with E-state index in [4.69, 9.17) is 4.98 Å². The monoisotopic (exact) mass is 426 g/mol. The van der Waals surface area contributed by atoms with E-state index < -0.39 is 0 Å². The van der Waals surface area contributed by atoms with Gasteiger partial charge in [0, 0.05) is 35.4 Å². The van der Waals surface area contributed by atoms with Gasteiger partial charge in [-0.1, -0.05) is 65.0 Å². The van der Waals surface area contributed by atoms with E-state index in [9.17, 15) is 5.11 Å². The highest BCUT2D eigenvalue weighted by atomic mass is 16.3. The lowest BCUT2D eigenvalue weighted by molar-refractivity contribution is 0.273. The number of nitrogens with zero attached hydrogens (tertiary/aromatic N) is 2. The first kappa shape index (κ1) is 22.3. The summed E-state index contributed by atoms with van der Waals surface area (Å²) in [6.45, 7) is 11.0. The van der Waals surface area contributed by atoms with Gasteiger partial charge in [-0.05, 0) is 59.2 Å². The molecule has 0 aliphatic carbocycles. The van der Waals surface area contributed by atoms with Crippen molar-refractivity contribution in [3.8, 4) is 16.9 Å². The fourth-order valence-corrected chi connectivity index (χ4v) is 4.58. The second kappa shape index (κ2) is 9.30. The minimum absolute atomic E-state index is 0.0519. The van der Waals surface area contributed by atoms with Crippen molar-refractivity contribution in [3.05, 3.63) is 83.2 Å². The van der Waals surface area contributed by atoms with Crippen molar-refractivity contribution in [2.75, 3.05) is 6.61 Å². The number of aliphatic hydroxyl groups excluding tert-OH is 1. The Morgan fingerprint density at radius 1 is 0.938 bits per heavy atom. The number of aryl methyl sites for hydroxylation is 2. The average Bonchev–Trinajstić information content (AvgIpc) is 3.21. The van der Waals surface area contributed by atoms with Crippen LogP contribution in [0.4, 0.5) is 0 Å². The third kappa shape index (κ3) is 3.98. The molecule has 166 valence electrons. The first-order valence-electron chi connectivity index (χ1n) is 11.8. The van der Waals surface area contributed by atoms with Gasteiger partial charge in [0.1, 0.15) is 0 Å². The van der Waals surface area contributed by atoms with Crippen molar-refractivity contribution in [1.29, 1.82) is 0 Å². The van der Waals surface area contributed by atoms with Crippen LogP contribution in [0.5, 0.6) is 0 Å². The van der Waals surface area contributed by atoms with Crippen LogP contribution < -0.4 is 0 Å². The second-order valence-corrected chi connectivity index (χ2v) is 9.03. The van der Waals surface area contributed by atoms with Gasteiger partial charge in [-0.3, -0.25) is 4.98 Å². The molecule has 1 unspecified atom stereocenters. The standard InChI is InChI=1S/C29H34N2O/c1-6-21-9-8-10-22(7-2)29(21)27-15-25-26(20(5)18-32)17-31(28(25)16-30-27)24-13-11-23(12-14-24)19(3)4/h8-17,19-20,32H,6-7,18H2,1-5H3. The zero-order valence-corrected chi connectivity index (χ0v) is 19.9. The minimum Gasteiger partial charge on any atom is -0.396 e. The zero-order chi connectivity index (χ0) is 22.8. The number of fused-ring (bicyclic) bond motifs is 1. The van der Waals surface area contributed by atoms with E-state index in [1.807, 2.05) is 6.20 Å². The van der Waals surface area contributed by atoms with Crippen LogP contribution in [0.2, 0.25) is 0 Å². The van der Waals surface area contributed by atoms with E-state index in [1.54, 1.807) is 0 Å². The lowest BCUT2D eigenvalue weighted by Gasteiger charge is -2.14. The van der Waals surface area contributed by atoms with Crippen molar-refractivity contribution >= 4 is 10.9 Å². The van der Waals surface area contributed by atoms with Gasteiger partial charge in [-0.25, -0.2) is 0 Å². The first-order valence-corrected chi connectivity index (χ1v) is 11.8. The maximum Gasteiger partial charge on any atom is 0.0716 e. The van der Waals surface area contributed by atoms with Crippen molar-refractivity contribution in [3.63, 3.8) is 0 Å². The van der Waals surface area contributed by atoms with Crippen LogP contribution in [-0.2, 0) is 12.8 Å². The fraction of sp³-hybridized carbons (Fsp3) is 0.345. The summed E-state index contributed by atoms with van der Waals surface area (Å²) in [5.41, 5.74) is 9.63. The van der Waals surface area contributed by atoms with Crippen molar-refractivity contribution < 1.29 is 5.11 Å². The topological polar surface area (TPSA) is 38.0 Å². The second-order valence-electron chi connectivity index (χ2n) is 9.03. The molecule has 1 N–H and O–H groups in total. The van der Waals surface area contributed by atoms with Crippen LogP contribution in [0.1, 0.15) is 68.7 Å². The molecular weight excluding hydrogens is 392 g/mol. The van der Waals surface area contributed by atoms with Gasteiger partial charge in [0.25, 0.3) is 0 Å². The molecule has 0 fully saturated rings. The molecule has 2 heterocycles. The molecule has 4 rings (SSSR count). The van der Waals surface area contributed by atoms with Gasteiger partial charge in [-0.15, -0.1) is 0 Å². The van der Waals surface area contributed by atoms with E-state index in [2.05, 4.69) is 93.9 Å². The van der Waals surface area contributed by atoms with Gasteiger partial charge in [-0.2, -0.15) is 0 Å². The maximum absolute atomic E-state index is 9.95.